The number of rotatable bonds is 6. The third-order valence-corrected chi connectivity index (χ3v) is 11.0. The van der Waals surface area contributed by atoms with Crippen LogP contribution in [0.5, 0.6) is 0 Å². The van der Waals surface area contributed by atoms with E-state index >= 15 is 0 Å². The zero-order valence-corrected chi connectivity index (χ0v) is 30.0. The molecule has 0 N–H and O–H groups in total. The van der Waals surface area contributed by atoms with Gasteiger partial charge in [-0.2, -0.15) is 0 Å². The van der Waals surface area contributed by atoms with Crippen molar-refractivity contribution in [1.29, 1.82) is 0 Å². The molecule has 1 aliphatic carbocycles. The summed E-state index contributed by atoms with van der Waals surface area (Å²) in [6.07, 6.45) is 7.15. The Balaban J connectivity index is 1.21. The largest absolute Gasteiger partial charge is 0.437 e. The van der Waals surface area contributed by atoms with Crippen LogP contribution in [-0.2, 0) is 18.4 Å². The normalized spacial score (nSPS) is 14.4. The number of aromatic nitrogens is 4. The summed E-state index contributed by atoms with van der Waals surface area (Å²) in [5.74, 6) is 1.42. The summed E-state index contributed by atoms with van der Waals surface area (Å²) in [5, 5.41) is 3.25. The minimum atomic E-state index is 0.0527. The topological polar surface area (TPSA) is 56.7 Å². The SMILES string of the molecule is Cc1ccc2c(ccc3nc(-c4cccc5c4oc4nc(C6CCCCC6)ccc45)n(CCc4ccc(C(C)(C)C)cc4-c4ccccc4)c32)n1. The molecule has 0 saturated heterocycles. The van der Waals surface area contributed by atoms with Crippen LogP contribution in [0.15, 0.2) is 108 Å². The van der Waals surface area contributed by atoms with Crippen molar-refractivity contribution in [2.75, 3.05) is 0 Å². The first-order valence-electron chi connectivity index (χ1n) is 18.6. The number of nitrogens with zero attached hydrogens (tertiary/aromatic N) is 4. The molecule has 1 saturated carbocycles. The Morgan fingerprint density at radius 2 is 1.51 bits per heavy atom. The summed E-state index contributed by atoms with van der Waals surface area (Å²) < 4.78 is 9.14. The second-order valence-corrected chi connectivity index (χ2v) is 15.5. The van der Waals surface area contributed by atoms with Crippen LogP contribution in [0.1, 0.15) is 81.3 Å². The van der Waals surface area contributed by atoms with E-state index in [4.69, 9.17) is 19.4 Å². The molecular weight excluding hydrogens is 625 g/mol. The van der Waals surface area contributed by atoms with Gasteiger partial charge in [-0.25, -0.2) is 9.97 Å². The highest BCUT2D eigenvalue weighted by Gasteiger charge is 2.23. The van der Waals surface area contributed by atoms with Crippen LogP contribution in [-0.4, -0.2) is 19.5 Å². The molecule has 0 aliphatic heterocycles. The van der Waals surface area contributed by atoms with Crippen molar-refractivity contribution in [3.8, 4) is 22.5 Å². The van der Waals surface area contributed by atoms with E-state index in [1.165, 1.54) is 54.4 Å². The van der Waals surface area contributed by atoms with Crippen LogP contribution < -0.4 is 0 Å². The molecule has 0 bridgehead atoms. The van der Waals surface area contributed by atoms with E-state index in [1.54, 1.807) is 0 Å². The molecule has 0 unspecified atom stereocenters. The maximum absolute atomic E-state index is 6.73. The summed E-state index contributed by atoms with van der Waals surface area (Å²) in [6, 6.07) is 37.3. The Hall–Kier alpha value is -5.29. The van der Waals surface area contributed by atoms with Crippen LogP contribution in [0.4, 0.5) is 0 Å². The summed E-state index contributed by atoms with van der Waals surface area (Å²) in [7, 11) is 0. The number of furan rings is 1. The monoisotopic (exact) mass is 668 g/mol. The van der Waals surface area contributed by atoms with E-state index in [-0.39, 0.29) is 5.41 Å². The predicted molar refractivity (Wildman–Crippen MR) is 210 cm³/mol. The zero-order valence-electron chi connectivity index (χ0n) is 30.0. The molecule has 1 fully saturated rings. The van der Waals surface area contributed by atoms with Gasteiger partial charge in [0.25, 0.3) is 0 Å². The Morgan fingerprint density at radius 1 is 0.706 bits per heavy atom. The van der Waals surface area contributed by atoms with E-state index in [0.717, 1.165) is 79.7 Å². The average Bonchev–Trinajstić information content (AvgIpc) is 3.72. The zero-order chi connectivity index (χ0) is 34.7. The number of hydrogen-bond acceptors (Lipinski definition) is 4. The summed E-state index contributed by atoms with van der Waals surface area (Å²) in [6.45, 7) is 9.65. The molecule has 51 heavy (non-hydrogen) atoms. The van der Waals surface area contributed by atoms with Gasteiger partial charge in [0.2, 0.25) is 5.71 Å². The molecule has 1 aliphatic rings. The number of imidazole rings is 1. The van der Waals surface area contributed by atoms with Crippen LogP contribution in [0.2, 0.25) is 0 Å². The number of fused-ring (bicyclic) bond motifs is 6. The standard InChI is InChI=1S/C46H44N4O/c1-29-18-21-36-40(47-29)24-25-41-42(36)50(27-26-31-19-20-33(46(2,3)4)28-38(31)30-12-7-5-8-13-30)44(48-41)37-17-11-16-34-35-22-23-39(32-14-9-6-10-15-32)49-45(35)51-43(34)37/h5,7-8,11-13,16-25,28,32H,6,9-10,14-15,26-27H2,1-4H3. The first-order chi connectivity index (χ1) is 24.8. The van der Waals surface area contributed by atoms with Crippen LogP contribution in [0.3, 0.4) is 0 Å². The highest BCUT2D eigenvalue weighted by atomic mass is 16.3. The molecule has 4 aromatic carbocycles. The summed E-state index contributed by atoms with van der Waals surface area (Å²) in [4.78, 5) is 15.4. The van der Waals surface area contributed by atoms with Gasteiger partial charge >= 0.3 is 0 Å². The van der Waals surface area contributed by atoms with Gasteiger partial charge in [-0.05, 0) is 96.3 Å². The molecule has 4 heterocycles. The fourth-order valence-corrected chi connectivity index (χ4v) is 8.23. The van der Waals surface area contributed by atoms with Gasteiger partial charge in [-0.1, -0.05) is 101 Å². The third-order valence-electron chi connectivity index (χ3n) is 11.0. The van der Waals surface area contributed by atoms with Crippen LogP contribution in [0.25, 0.3) is 66.5 Å². The molecule has 0 amide bonds. The number of aryl methyl sites for hydroxylation is 3. The van der Waals surface area contributed by atoms with E-state index in [2.05, 4.69) is 135 Å². The summed E-state index contributed by atoms with van der Waals surface area (Å²) >= 11 is 0. The lowest BCUT2D eigenvalue weighted by atomic mass is 9.83. The van der Waals surface area contributed by atoms with Crippen molar-refractivity contribution in [2.24, 2.45) is 0 Å². The highest BCUT2D eigenvalue weighted by Crippen LogP contribution is 2.40. The van der Waals surface area contributed by atoms with E-state index in [9.17, 15) is 0 Å². The summed E-state index contributed by atoms with van der Waals surface area (Å²) in [5.41, 5.74) is 13.0. The lowest BCUT2D eigenvalue weighted by molar-refractivity contribution is 0.436. The molecule has 0 atom stereocenters. The maximum Gasteiger partial charge on any atom is 0.227 e. The first kappa shape index (κ1) is 31.7. The molecule has 9 rings (SSSR count). The van der Waals surface area contributed by atoms with Gasteiger partial charge in [0.05, 0.1) is 22.1 Å². The molecule has 8 aromatic rings. The van der Waals surface area contributed by atoms with E-state index in [0.29, 0.717) is 5.92 Å². The molecular formula is C46H44N4O. The Labute approximate surface area is 299 Å². The minimum absolute atomic E-state index is 0.0527. The molecule has 254 valence electrons. The van der Waals surface area contributed by atoms with Gasteiger partial charge in [0.15, 0.2) is 0 Å². The lowest BCUT2D eigenvalue weighted by Gasteiger charge is -2.22. The predicted octanol–water partition coefficient (Wildman–Crippen LogP) is 12.1. The lowest BCUT2D eigenvalue weighted by Crippen LogP contribution is -2.12. The fourth-order valence-electron chi connectivity index (χ4n) is 8.23. The van der Waals surface area contributed by atoms with Gasteiger partial charge in [-0.3, -0.25) is 4.98 Å². The molecule has 5 heteroatoms. The van der Waals surface area contributed by atoms with Crippen molar-refractivity contribution in [3.05, 3.63) is 126 Å². The van der Waals surface area contributed by atoms with Gasteiger partial charge in [0, 0.05) is 40.0 Å². The number of hydrogen-bond donors (Lipinski definition) is 0. The Bertz CT molecular complexity index is 2560. The second kappa shape index (κ2) is 12.5. The Morgan fingerprint density at radius 3 is 2.33 bits per heavy atom. The van der Waals surface area contributed by atoms with Crippen molar-refractivity contribution in [1.82, 2.24) is 19.5 Å². The van der Waals surface area contributed by atoms with Gasteiger partial charge in [0.1, 0.15) is 11.4 Å². The molecule has 5 nitrogen and oxygen atoms in total. The third kappa shape index (κ3) is 5.69. The number of para-hydroxylation sites is 1. The van der Waals surface area contributed by atoms with Crippen LogP contribution in [0, 0.1) is 6.92 Å². The number of benzene rings is 4. The smallest absolute Gasteiger partial charge is 0.227 e. The quantitative estimate of drug-likeness (QED) is 0.177. The van der Waals surface area contributed by atoms with Crippen molar-refractivity contribution >= 4 is 44.0 Å². The Kier molecular flexibility index (Phi) is 7.76. The van der Waals surface area contributed by atoms with E-state index < -0.39 is 0 Å². The first-order valence-corrected chi connectivity index (χ1v) is 18.6. The molecule has 4 aromatic heterocycles. The van der Waals surface area contributed by atoms with Crippen molar-refractivity contribution in [2.45, 2.75) is 84.1 Å². The van der Waals surface area contributed by atoms with Crippen molar-refractivity contribution in [3.63, 3.8) is 0 Å². The van der Waals surface area contributed by atoms with E-state index in [1.807, 2.05) is 0 Å². The molecule has 0 radical (unpaired) electrons. The minimum Gasteiger partial charge on any atom is -0.437 e. The maximum atomic E-state index is 6.73. The second-order valence-electron chi connectivity index (χ2n) is 15.5. The van der Waals surface area contributed by atoms with Crippen molar-refractivity contribution < 1.29 is 4.42 Å². The molecule has 0 spiro atoms. The van der Waals surface area contributed by atoms with Gasteiger partial charge in [-0.15, -0.1) is 0 Å². The highest BCUT2D eigenvalue weighted by molar-refractivity contribution is 6.10. The van der Waals surface area contributed by atoms with Crippen LogP contribution >= 0.6 is 0 Å². The fraction of sp³-hybridized carbons (Fsp3) is 0.283. The number of pyridine rings is 2. The average molecular weight is 669 g/mol. The van der Waals surface area contributed by atoms with Gasteiger partial charge < -0.3 is 8.98 Å².